The van der Waals surface area contributed by atoms with Crippen LogP contribution in [-0.2, 0) is 0 Å². The Hall–Kier alpha value is -1.74. The van der Waals surface area contributed by atoms with Crippen molar-refractivity contribution in [3.05, 3.63) is 38.7 Å². The summed E-state index contributed by atoms with van der Waals surface area (Å²) in [6, 6.07) is 7.10. The molecule has 1 aromatic heterocycles. The number of carbonyl (C=O) groups is 1. The zero-order valence-electron chi connectivity index (χ0n) is 13.4. The van der Waals surface area contributed by atoms with Crippen LogP contribution in [0.5, 0.6) is 0 Å². The van der Waals surface area contributed by atoms with E-state index >= 15 is 0 Å². The van der Waals surface area contributed by atoms with Crippen molar-refractivity contribution < 1.29 is 9.90 Å². The van der Waals surface area contributed by atoms with Gasteiger partial charge in [0.05, 0.1) is 5.56 Å². The minimum absolute atomic E-state index is 0.139. The number of benzene rings is 1. The molecule has 0 unspecified atom stereocenters. The van der Waals surface area contributed by atoms with E-state index in [1.807, 2.05) is 0 Å². The lowest BCUT2D eigenvalue weighted by Crippen LogP contribution is -2.23. The second kappa shape index (κ2) is 7.65. The topological polar surface area (TPSA) is 64.3 Å². The molecule has 1 aliphatic heterocycles. The number of anilines is 1. The lowest BCUT2D eigenvalue weighted by Gasteiger charge is -2.21. The van der Waals surface area contributed by atoms with E-state index in [0.29, 0.717) is 26.7 Å². The summed E-state index contributed by atoms with van der Waals surface area (Å²) in [6.07, 6.45) is 4.40. The van der Waals surface area contributed by atoms with Gasteiger partial charge in [0.2, 0.25) is 0 Å². The van der Waals surface area contributed by atoms with Gasteiger partial charge >= 0.3 is 5.97 Å². The molecule has 0 bridgehead atoms. The molecule has 3 rings (SSSR count). The number of aromatic carboxylic acids is 1. The molecule has 1 N–H and O–H groups in total. The molecule has 0 atom stereocenters. The molecule has 1 fully saturated rings. The summed E-state index contributed by atoms with van der Waals surface area (Å²) in [5.41, 5.74) is 1.30. The molecular formula is C18H16Cl2N2O2S. The number of thiophene rings is 1. The Morgan fingerprint density at radius 1 is 1.20 bits per heavy atom. The molecule has 0 radical (unpaired) electrons. The van der Waals surface area contributed by atoms with Crippen LogP contribution in [0.4, 0.5) is 5.00 Å². The predicted molar refractivity (Wildman–Crippen MR) is 102 cm³/mol. The summed E-state index contributed by atoms with van der Waals surface area (Å²) < 4.78 is 0. The minimum atomic E-state index is -1.05. The Bertz CT molecular complexity index is 849. The Morgan fingerprint density at radius 3 is 2.44 bits per heavy atom. The molecule has 7 heteroatoms. The van der Waals surface area contributed by atoms with Gasteiger partial charge in [-0.1, -0.05) is 42.1 Å². The van der Waals surface area contributed by atoms with Gasteiger partial charge in [-0.15, -0.1) is 11.3 Å². The van der Waals surface area contributed by atoms with Crippen LogP contribution in [0.25, 0.3) is 11.1 Å². The molecule has 0 saturated carbocycles. The van der Waals surface area contributed by atoms with Gasteiger partial charge in [0, 0.05) is 34.3 Å². The maximum atomic E-state index is 11.8. The van der Waals surface area contributed by atoms with Crippen LogP contribution in [0.1, 0.15) is 40.9 Å². The quantitative estimate of drug-likeness (QED) is 0.727. The first-order valence-electron chi connectivity index (χ1n) is 8.03. The predicted octanol–water partition coefficient (Wildman–Crippen LogP) is 5.67. The second-order valence-corrected chi connectivity index (χ2v) is 7.77. The molecule has 2 heterocycles. The molecule has 2 aromatic rings. The van der Waals surface area contributed by atoms with Crippen LogP contribution in [0.15, 0.2) is 18.2 Å². The summed E-state index contributed by atoms with van der Waals surface area (Å²) >= 11 is 13.4. The first-order chi connectivity index (χ1) is 12.0. The highest BCUT2D eigenvalue weighted by Gasteiger charge is 2.28. The molecule has 0 amide bonds. The molecule has 130 valence electrons. The smallest absolute Gasteiger partial charge is 0.346 e. The van der Waals surface area contributed by atoms with Crippen LogP contribution in [-0.4, -0.2) is 24.2 Å². The van der Waals surface area contributed by atoms with Gasteiger partial charge in [-0.25, -0.2) is 4.79 Å². The number of nitrogens with zero attached hydrogens (tertiary/aromatic N) is 2. The number of hydrogen-bond acceptors (Lipinski definition) is 4. The average molecular weight is 395 g/mol. The van der Waals surface area contributed by atoms with E-state index in [4.69, 9.17) is 23.2 Å². The fourth-order valence-electron chi connectivity index (χ4n) is 3.12. The van der Waals surface area contributed by atoms with Crippen LogP contribution in [0.2, 0.25) is 10.0 Å². The summed E-state index contributed by atoms with van der Waals surface area (Å²) in [7, 11) is 0. The number of carboxylic acid groups (broad SMARTS) is 1. The SMILES string of the molecule is N#Cc1c(N2CCCCCC2)sc(C(=O)O)c1-c1ccc(Cl)cc1Cl. The molecule has 1 saturated heterocycles. The van der Waals surface area contributed by atoms with Crippen LogP contribution < -0.4 is 4.90 Å². The van der Waals surface area contributed by atoms with Gasteiger partial charge in [0.1, 0.15) is 15.9 Å². The summed E-state index contributed by atoms with van der Waals surface area (Å²) in [4.78, 5) is 14.1. The third kappa shape index (κ3) is 3.62. The monoisotopic (exact) mass is 394 g/mol. The molecule has 4 nitrogen and oxygen atoms in total. The van der Waals surface area contributed by atoms with Crippen molar-refractivity contribution in [2.24, 2.45) is 0 Å². The van der Waals surface area contributed by atoms with Crippen LogP contribution in [0, 0.1) is 11.3 Å². The Morgan fingerprint density at radius 2 is 1.88 bits per heavy atom. The standard InChI is InChI=1S/C18H16Cl2N2O2S/c19-11-5-6-12(14(20)9-11)15-13(10-21)17(25-16(15)18(23)24)22-7-3-1-2-4-8-22/h5-6,9H,1-4,7-8H2,(H,23,24). The van der Waals surface area contributed by atoms with Crippen molar-refractivity contribution in [1.82, 2.24) is 0 Å². The molecule has 25 heavy (non-hydrogen) atoms. The van der Waals surface area contributed by atoms with Gasteiger partial charge in [0.15, 0.2) is 0 Å². The maximum Gasteiger partial charge on any atom is 0.346 e. The highest BCUT2D eigenvalue weighted by Crippen LogP contribution is 2.44. The third-order valence-corrected chi connectivity index (χ3v) is 6.08. The van der Waals surface area contributed by atoms with E-state index < -0.39 is 5.97 Å². The Balaban J connectivity index is 2.20. The van der Waals surface area contributed by atoms with Crippen molar-refractivity contribution in [3.8, 4) is 17.2 Å². The highest BCUT2D eigenvalue weighted by atomic mass is 35.5. The molecule has 1 aliphatic rings. The van der Waals surface area contributed by atoms with E-state index in [-0.39, 0.29) is 4.88 Å². The van der Waals surface area contributed by atoms with Crippen molar-refractivity contribution >= 4 is 45.5 Å². The number of halogens is 2. The summed E-state index contributed by atoms with van der Waals surface area (Å²) in [5.74, 6) is -1.05. The lowest BCUT2D eigenvalue weighted by atomic mass is 10.0. The van der Waals surface area contributed by atoms with Gasteiger partial charge < -0.3 is 10.0 Å². The maximum absolute atomic E-state index is 11.8. The second-order valence-electron chi connectivity index (χ2n) is 5.93. The van der Waals surface area contributed by atoms with Crippen molar-refractivity contribution in [3.63, 3.8) is 0 Å². The first-order valence-corrected chi connectivity index (χ1v) is 9.60. The molecule has 0 spiro atoms. The first kappa shape index (κ1) is 18.1. The minimum Gasteiger partial charge on any atom is -0.477 e. The van der Waals surface area contributed by atoms with E-state index in [1.165, 1.54) is 0 Å². The number of nitriles is 1. The van der Waals surface area contributed by atoms with E-state index in [0.717, 1.165) is 55.1 Å². The van der Waals surface area contributed by atoms with Crippen molar-refractivity contribution in [1.29, 1.82) is 5.26 Å². The Kier molecular flexibility index (Phi) is 5.53. The molecule has 0 aliphatic carbocycles. The Labute approximate surface area is 160 Å². The number of rotatable bonds is 3. The largest absolute Gasteiger partial charge is 0.477 e. The van der Waals surface area contributed by atoms with Crippen LogP contribution in [0.3, 0.4) is 0 Å². The zero-order valence-corrected chi connectivity index (χ0v) is 15.7. The van der Waals surface area contributed by atoms with E-state index in [9.17, 15) is 15.2 Å². The fourth-order valence-corrected chi connectivity index (χ4v) is 4.78. The average Bonchev–Trinajstić information content (AvgIpc) is 2.75. The summed E-state index contributed by atoms with van der Waals surface area (Å²) in [5, 5.41) is 21.0. The van der Waals surface area contributed by atoms with Crippen molar-refractivity contribution in [2.45, 2.75) is 25.7 Å². The van der Waals surface area contributed by atoms with Gasteiger partial charge in [-0.3, -0.25) is 0 Å². The zero-order chi connectivity index (χ0) is 18.0. The number of hydrogen-bond donors (Lipinski definition) is 1. The van der Waals surface area contributed by atoms with E-state index in [1.54, 1.807) is 18.2 Å². The molecular weight excluding hydrogens is 379 g/mol. The molecule has 1 aromatic carbocycles. The van der Waals surface area contributed by atoms with Gasteiger partial charge in [0.25, 0.3) is 0 Å². The summed E-state index contributed by atoms with van der Waals surface area (Å²) in [6.45, 7) is 1.67. The van der Waals surface area contributed by atoms with Gasteiger partial charge in [-0.05, 0) is 25.0 Å². The lowest BCUT2D eigenvalue weighted by molar-refractivity contribution is 0.0703. The third-order valence-electron chi connectivity index (χ3n) is 4.29. The van der Waals surface area contributed by atoms with E-state index in [2.05, 4.69) is 11.0 Å². The highest BCUT2D eigenvalue weighted by molar-refractivity contribution is 7.18. The normalized spacial score (nSPS) is 14.8. The number of carboxylic acids is 1. The van der Waals surface area contributed by atoms with Crippen LogP contribution >= 0.6 is 34.5 Å². The fraction of sp³-hybridized carbons (Fsp3) is 0.333. The van der Waals surface area contributed by atoms with Crippen molar-refractivity contribution in [2.75, 3.05) is 18.0 Å². The van der Waals surface area contributed by atoms with Gasteiger partial charge in [-0.2, -0.15) is 5.26 Å².